The molecule has 170 valence electrons. The standard InChI is InChI=1S/C23H38N8/c1-5-24-23(25-10-7-11-31-20(4)16-19(3)28-31)27-18-21-8-9-22(26-17-21)30-14-12-29(6-2)13-15-30/h8-9,16-17H,5-7,10-15,18H2,1-4H3,(H2,24,25,27). The minimum absolute atomic E-state index is 0.615. The maximum Gasteiger partial charge on any atom is 0.191 e. The molecule has 1 fully saturated rings. The van der Waals surface area contributed by atoms with Crippen molar-refractivity contribution in [2.24, 2.45) is 4.99 Å². The maximum atomic E-state index is 4.72. The monoisotopic (exact) mass is 426 g/mol. The highest BCUT2D eigenvalue weighted by Crippen LogP contribution is 2.14. The molecule has 0 bridgehead atoms. The number of guanidine groups is 1. The predicted octanol–water partition coefficient (Wildman–Crippen LogP) is 2.18. The average Bonchev–Trinajstić information content (AvgIpc) is 3.12. The first-order valence-corrected chi connectivity index (χ1v) is 11.5. The number of rotatable bonds is 9. The Bertz CT molecular complexity index is 819. The fourth-order valence-corrected chi connectivity index (χ4v) is 3.84. The number of hydrogen-bond donors (Lipinski definition) is 2. The summed E-state index contributed by atoms with van der Waals surface area (Å²) in [6.07, 6.45) is 2.95. The molecule has 0 atom stereocenters. The summed E-state index contributed by atoms with van der Waals surface area (Å²) in [7, 11) is 0. The highest BCUT2D eigenvalue weighted by molar-refractivity contribution is 5.79. The fourth-order valence-electron chi connectivity index (χ4n) is 3.84. The lowest BCUT2D eigenvalue weighted by Crippen LogP contribution is -2.46. The van der Waals surface area contributed by atoms with Crippen LogP contribution in [0, 0.1) is 13.8 Å². The van der Waals surface area contributed by atoms with Gasteiger partial charge in [-0.25, -0.2) is 9.98 Å². The van der Waals surface area contributed by atoms with Crippen LogP contribution in [0.25, 0.3) is 0 Å². The van der Waals surface area contributed by atoms with Crippen LogP contribution in [-0.2, 0) is 13.1 Å². The molecule has 2 N–H and O–H groups in total. The Kier molecular flexibility index (Phi) is 8.70. The van der Waals surface area contributed by atoms with E-state index >= 15 is 0 Å². The molecule has 0 saturated carbocycles. The summed E-state index contributed by atoms with van der Waals surface area (Å²) in [6.45, 7) is 17.1. The molecule has 8 nitrogen and oxygen atoms in total. The van der Waals surface area contributed by atoms with Crippen LogP contribution in [0.4, 0.5) is 5.82 Å². The highest BCUT2D eigenvalue weighted by Gasteiger charge is 2.16. The van der Waals surface area contributed by atoms with Gasteiger partial charge in [0.2, 0.25) is 0 Å². The predicted molar refractivity (Wildman–Crippen MR) is 128 cm³/mol. The smallest absolute Gasteiger partial charge is 0.191 e. The number of piperazine rings is 1. The van der Waals surface area contributed by atoms with Gasteiger partial charge in [0.1, 0.15) is 5.82 Å². The summed E-state index contributed by atoms with van der Waals surface area (Å²) >= 11 is 0. The minimum atomic E-state index is 0.615. The normalized spacial score (nSPS) is 15.4. The van der Waals surface area contributed by atoms with E-state index in [1.54, 1.807) is 0 Å². The molecule has 0 amide bonds. The van der Waals surface area contributed by atoms with Crippen LogP contribution in [-0.4, -0.2) is 71.4 Å². The molecule has 0 spiro atoms. The van der Waals surface area contributed by atoms with Gasteiger partial charge in [0.25, 0.3) is 0 Å². The van der Waals surface area contributed by atoms with Crippen molar-refractivity contribution in [2.45, 2.75) is 47.2 Å². The number of aromatic nitrogens is 3. The van der Waals surface area contributed by atoms with Gasteiger partial charge < -0.3 is 20.4 Å². The van der Waals surface area contributed by atoms with Crippen molar-refractivity contribution >= 4 is 11.8 Å². The molecule has 2 aromatic heterocycles. The molecule has 1 aliphatic rings. The zero-order valence-electron chi connectivity index (χ0n) is 19.6. The number of aliphatic imine (C=N–C) groups is 1. The van der Waals surface area contributed by atoms with Crippen molar-refractivity contribution in [1.29, 1.82) is 0 Å². The van der Waals surface area contributed by atoms with Gasteiger partial charge in [0.05, 0.1) is 12.2 Å². The van der Waals surface area contributed by atoms with E-state index < -0.39 is 0 Å². The summed E-state index contributed by atoms with van der Waals surface area (Å²) < 4.78 is 2.07. The van der Waals surface area contributed by atoms with Gasteiger partial charge in [0, 0.05) is 57.7 Å². The molecule has 2 aromatic rings. The first-order valence-electron chi connectivity index (χ1n) is 11.5. The van der Waals surface area contributed by atoms with Crippen molar-refractivity contribution in [1.82, 2.24) is 30.3 Å². The number of likely N-dealkylation sites (N-methyl/N-ethyl adjacent to an activating group) is 1. The van der Waals surface area contributed by atoms with Gasteiger partial charge in [-0.2, -0.15) is 5.10 Å². The van der Waals surface area contributed by atoms with Crippen LogP contribution in [0.2, 0.25) is 0 Å². The molecule has 3 heterocycles. The molecule has 3 rings (SSSR count). The van der Waals surface area contributed by atoms with Crippen LogP contribution in [0.3, 0.4) is 0 Å². The third-order valence-corrected chi connectivity index (χ3v) is 5.66. The lowest BCUT2D eigenvalue weighted by atomic mass is 10.2. The summed E-state index contributed by atoms with van der Waals surface area (Å²) in [5.41, 5.74) is 3.40. The molecule has 0 aromatic carbocycles. The van der Waals surface area contributed by atoms with Crippen molar-refractivity contribution < 1.29 is 0 Å². The summed E-state index contributed by atoms with van der Waals surface area (Å²) in [6, 6.07) is 6.38. The van der Waals surface area contributed by atoms with Gasteiger partial charge in [-0.05, 0) is 51.4 Å². The van der Waals surface area contributed by atoms with Gasteiger partial charge in [-0.3, -0.25) is 4.68 Å². The average molecular weight is 427 g/mol. The van der Waals surface area contributed by atoms with Crippen molar-refractivity contribution in [2.75, 3.05) is 50.7 Å². The topological polar surface area (TPSA) is 73.6 Å². The van der Waals surface area contributed by atoms with Crippen LogP contribution in [0.1, 0.15) is 37.2 Å². The van der Waals surface area contributed by atoms with Crippen molar-refractivity contribution in [3.8, 4) is 0 Å². The number of pyridine rings is 1. The van der Waals surface area contributed by atoms with E-state index in [4.69, 9.17) is 4.99 Å². The Hall–Kier alpha value is -2.61. The van der Waals surface area contributed by atoms with Crippen molar-refractivity contribution in [3.05, 3.63) is 41.3 Å². The molecule has 31 heavy (non-hydrogen) atoms. The number of aryl methyl sites for hydroxylation is 3. The van der Waals surface area contributed by atoms with Gasteiger partial charge >= 0.3 is 0 Å². The Morgan fingerprint density at radius 1 is 1.10 bits per heavy atom. The summed E-state index contributed by atoms with van der Waals surface area (Å²) in [5.74, 6) is 1.91. The SMILES string of the molecule is CCNC(=NCc1ccc(N2CCN(CC)CC2)nc1)NCCCn1nc(C)cc1C. The molecule has 8 heteroatoms. The number of anilines is 1. The molecular weight excluding hydrogens is 388 g/mol. The lowest BCUT2D eigenvalue weighted by molar-refractivity contribution is 0.270. The van der Waals surface area contributed by atoms with Gasteiger partial charge in [-0.15, -0.1) is 0 Å². The van der Waals surface area contributed by atoms with E-state index in [0.29, 0.717) is 6.54 Å². The largest absolute Gasteiger partial charge is 0.357 e. The number of hydrogen-bond acceptors (Lipinski definition) is 5. The number of nitrogens with zero attached hydrogens (tertiary/aromatic N) is 6. The summed E-state index contributed by atoms with van der Waals surface area (Å²) in [5, 5.41) is 11.3. The Morgan fingerprint density at radius 2 is 1.90 bits per heavy atom. The molecule has 1 saturated heterocycles. The maximum absolute atomic E-state index is 4.72. The molecule has 0 unspecified atom stereocenters. The highest BCUT2D eigenvalue weighted by atomic mass is 15.3. The van der Waals surface area contributed by atoms with Gasteiger partial charge in [0.15, 0.2) is 5.96 Å². The first-order chi connectivity index (χ1) is 15.1. The molecule has 0 aliphatic carbocycles. The molecule has 0 radical (unpaired) electrons. The second kappa shape index (κ2) is 11.7. The zero-order chi connectivity index (χ0) is 22.1. The molecular formula is C23H38N8. The van der Waals surface area contributed by atoms with E-state index in [-0.39, 0.29) is 0 Å². The second-order valence-corrected chi connectivity index (χ2v) is 8.07. The molecule has 1 aliphatic heterocycles. The Morgan fingerprint density at radius 3 is 2.52 bits per heavy atom. The van der Waals surface area contributed by atoms with Crippen LogP contribution < -0.4 is 15.5 Å². The quantitative estimate of drug-likeness (QED) is 0.364. The lowest BCUT2D eigenvalue weighted by Gasteiger charge is -2.34. The van der Waals surface area contributed by atoms with E-state index in [2.05, 4.69) is 74.2 Å². The minimum Gasteiger partial charge on any atom is -0.357 e. The van der Waals surface area contributed by atoms with E-state index in [1.807, 2.05) is 13.1 Å². The van der Waals surface area contributed by atoms with Crippen LogP contribution >= 0.6 is 0 Å². The third kappa shape index (κ3) is 6.95. The van der Waals surface area contributed by atoms with E-state index in [0.717, 1.165) is 81.8 Å². The Balaban J connectivity index is 1.46. The zero-order valence-corrected chi connectivity index (χ0v) is 19.6. The van der Waals surface area contributed by atoms with Crippen LogP contribution in [0.5, 0.6) is 0 Å². The van der Waals surface area contributed by atoms with E-state index in [9.17, 15) is 0 Å². The second-order valence-electron chi connectivity index (χ2n) is 8.07. The number of nitrogens with one attached hydrogen (secondary N) is 2. The summed E-state index contributed by atoms with van der Waals surface area (Å²) in [4.78, 5) is 14.3. The van der Waals surface area contributed by atoms with Crippen LogP contribution in [0.15, 0.2) is 29.4 Å². The first kappa shape index (κ1) is 23.1. The van der Waals surface area contributed by atoms with Gasteiger partial charge in [-0.1, -0.05) is 13.0 Å². The van der Waals surface area contributed by atoms with Crippen molar-refractivity contribution in [3.63, 3.8) is 0 Å². The van der Waals surface area contributed by atoms with E-state index in [1.165, 1.54) is 5.69 Å². The Labute approximate surface area is 186 Å². The third-order valence-electron chi connectivity index (χ3n) is 5.66. The fraction of sp³-hybridized carbons (Fsp3) is 0.609.